The highest BCUT2D eigenvalue weighted by atomic mass is 16.2. The van der Waals surface area contributed by atoms with Crippen molar-refractivity contribution in [3.05, 3.63) is 12.2 Å². The molecule has 2 fully saturated rings. The smallest absolute Gasteiger partial charge is 0.226 e. The summed E-state index contributed by atoms with van der Waals surface area (Å²) in [6, 6.07) is 0.628. The Hall–Kier alpha value is -0.830. The van der Waals surface area contributed by atoms with Crippen LogP contribution >= 0.6 is 0 Å². The molecular weight excluding hydrogens is 248 g/mol. The SMILES string of the molecule is O=C([C@H]1CC=CCC1)N1CCCC[C@@H](N2CCCC2)C1. The third-order valence-corrected chi connectivity index (χ3v) is 5.23. The maximum atomic E-state index is 12.7. The zero-order chi connectivity index (χ0) is 13.8. The maximum absolute atomic E-state index is 12.7. The molecule has 1 aliphatic carbocycles. The van der Waals surface area contributed by atoms with Crippen LogP contribution in [0.3, 0.4) is 0 Å². The third kappa shape index (κ3) is 3.25. The number of carbonyl (C=O) groups excluding carboxylic acids is 1. The number of carbonyl (C=O) groups is 1. The first kappa shape index (κ1) is 14.1. The van der Waals surface area contributed by atoms with E-state index >= 15 is 0 Å². The number of allylic oxidation sites excluding steroid dienone is 2. The van der Waals surface area contributed by atoms with Crippen LogP contribution in [-0.4, -0.2) is 47.9 Å². The van der Waals surface area contributed by atoms with Gasteiger partial charge >= 0.3 is 0 Å². The van der Waals surface area contributed by atoms with Crippen molar-refractivity contribution in [2.75, 3.05) is 26.2 Å². The molecule has 3 nitrogen and oxygen atoms in total. The highest BCUT2D eigenvalue weighted by Crippen LogP contribution is 2.25. The summed E-state index contributed by atoms with van der Waals surface area (Å²) >= 11 is 0. The second-order valence-electron chi connectivity index (χ2n) is 6.66. The van der Waals surface area contributed by atoms with Crippen LogP contribution in [0.5, 0.6) is 0 Å². The summed E-state index contributed by atoms with van der Waals surface area (Å²) in [5, 5.41) is 0. The van der Waals surface area contributed by atoms with Gasteiger partial charge in [0, 0.05) is 25.0 Å². The van der Waals surface area contributed by atoms with Gasteiger partial charge in [-0.1, -0.05) is 18.6 Å². The second kappa shape index (κ2) is 6.75. The van der Waals surface area contributed by atoms with E-state index in [-0.39, 0.29) is 5.92 Å². The van der Waals surface area contributed by atoms with Crippen molar-refractivity contribution in [3.8, 4) is 0 Å². The first-order chi connectivity index (χ1) is 9.84. The Labute approximate surface area is 123 Å². The van der Waals surface area contributed by atoms with Gasteiger partial charge in [0.1, 0.15) is 0 Å². The zero-order valence-corrected chi connectivity index (χ0v) is 12.6. The Morgan fingerprint density at radius 2 is 1.75 bits per heavy atom. The Morgan fingerprint density at radius 3 is 2.50 bits per heavy atom. The van der Waals surface area contributed by atoms with Gasteiger partial charge in [-0.3, -0.25) is 9.69 Å². The van der Waals surface area contributed by atoms with Gasteiger partial charge in [-0.25, -0.2) is 0 Å². The average Bonchev–Trinajstić information content (AvgIpc) is 2.92. The summed E-state index contributed by atoms with van der Waals surface area (Å²) in [6.07, 6.45) is 14.0. The number of hydrogen-bond acceptors (Lipinski definition) is 2. The molecule has 0 aromatic carbocycles. The van der Waals surface area contributed by atoms with Crippen LogP contribution < -0.4 is 0 Å². The molecule has 0 N–H and O–H groups in total. The van der Waals surface area contributed by atoms with Gasteiger partial charge in [0.15, 0.2) is 0 Å². The largest absolute Gasteiger partial charge is 0.341 e. The number of rotatable bonds is 2. The van der Waals surface area contributed by atoms with Gasteiger partial charge in [-0.05, 0) is 58.0 Å². The minimum atomic E-state index is 0.261. The predicted molar refractivity (Wildman–Crippen MR) is 81.5 cm³/mol. The lowest BCUT2D eigenvalue weighted by Crippen LogP contribution is -2.45. The minimum absolute atomic E-state index is 0.261. The van der Waals surface area contributed by atoms with Crippen LogP contribution in [0.4, 0.5) is 0 Å². The van der Waals surface area contributed by atoms with Crippen LogP contribution in [0.25, 0.3) is 0 Å². The molecule has 112 valence electrons. The molecule has 3 rings (SSSR count). The molecule has 0 bridgehead atoms. The van der Waals surface area contributed by atoms with Crippen molar-refractivity contribution >= 4 is 5.91 Å². The molecule has 20 heavy (non-hydrogen) atoms. The van der Waals surface area contributed by atoms with E-state index in [1.165, 1.54) is 45.2 Å². The van der Waals surface area contributed by atoms with Gasteiger partial charge in [-0.15, -0.1) is 0 Å². The van der Waals surface area contributed by atoms with Gasteiger partial charge in [0.25, 0.3) is 0 Å². The molecular formula is C17H28N2O. The second-order valence-corrected chi connectivity index (χ2v) is 6.66. The fourth-order valence-corrected chi connectivity index (χ4v) is 4.00. The predicted octanol–water partition coefficient (Wildman–Crippen LogP) is 2.82. The molecule has 0 radical (unpaired) electrons. The Kier molecular flexibility index (Phi) is 4.77. The Bertz CT molecular complexity index is 360. The molecule has 2 aliphatic heterocycles. The van der Waals surface area contributed by atoms with E-state index in [1.54, 1.807) is 0 Å². The highest BCUT2D eigenvalue weighted by molar-refractivity contribution is 5.79. The summed E-state index contributed by atoms with van der Waals surface area (Å²) < 4.78 is 0. The first-order valence-electron chi connectivity index (χ1n) is 8.52. The van der Waals surface area contributed by atoms with Crippen LogP contribution in [0.15, 0.2) is 12.2 Å². The highest BCUT2D eigenvalue weighted by Gasteiger charge is 2.30. The lowest BCUT2D eigenvalue weighted by Gasteiger charge is -2.33. The zero-order valence-electron chi connectivity index (χ0n) is 12.6. The van der Waals surface area contributed by atoms with Crippen molar-refractivity contribution in [2.24, 2.45) is 5.92 Å². The molecule has 0 spiro atoms. The number of amides is 1. The fourth-order valence-electron chi connectivity index (χ4n) is 4.00. The van der Waals surface area contributed by atoms with Crippen molar-refractivity contribution in [3.63, 3.8) is 0 Å². The van der Waals surface area contributed by atoms with Gasteiger partial charge in [-0.2, -0.15) is 0 Å². The summed E-state index contributed by atoms with van der Waals surface area (Å²) in [5.74, 6) is 0.692. The lowest BCUT2D eigenvalue weighted by atomic mass is 9.93. The maximum Gasteiger partial charge on any atom is 0.226 e. The van der Waals surface area contributed by atoms with E-state index in [0.717, 1.165) is 32.4 Å². The average molecular weight is 276 g/mol. The standard InChI is InChI=1S/C17H28N2O/c20-17(15-8-2-1-3-9-15)19-13-5-4-10-16(14-19)18-11-6-7-12-18/h1-2,15-16H,3-14H2/t15-,16+/m0/s1. The summed E-state index contributed by atoms with van der Waals surface area (Å²) in [6.45, 7) is 4.47. The van der Waals surface area contributed by atoms with Crippen LogP contribution in [0.2, 0.25) is 0 Å². The van der Waals surface area contributed by atoms with Gasteiger partial charge < -0.3 is 4.90 Å². The van der Waals surface area contributed by atoms with Gasteiger partial charge in [0.2, 0.25) is 5.91 Å². The van der Waals surface area contributed by atoms with Crippen LogP contribution in [-0.2, 0) is 4.79 Å². The van der Waals surface area contributed by atoms with E-state index in [9.17, 15) is 4.79 Å². The van der Waals surface area contributed by atoms with Crippen molar-refractivity contribution in [2.45, 2.75) is 57.4 Å². The molecule has 0 aromatic rings. The minimum Gasteiger partial charge on any atom is -0.341 e. The third-order valence-electron chi connectivity index (χ3n) is 5.23. The lowest BCUT2D eigenvalue weighted by molar-refractivity contribution is -0.136. The Morgan fingerprint density at radius 1 is 0.950 bits per heavy atom. The van der Waals surface area contributed by atoms with E-state index in [1.807, 2.05) is 0 Å². The quantitative estimate of drug-likeness (QED) is 0.724. The molecule has 2 atom stereocenters. The topological polar surface area (TPSA) is 23.6 Å². The number of nitrogens with zero attached hydrogens (tertiary/aromatic N) is 2. The molecule has 1 amide bonds. The molecule has 0 saturated carbocycles. The molecule has 2 saturated heterocycles. The Balaban J connectivity index is 1.61. The number of likely N-dealkylation sites (tertiary alicyclic amines) is 2. The van der Waals surface area contributed by atoms with E-state index in [4.69, 9.17) is 0 Å². The summed E-state index contributed by atoms with van der Waals surface area (Å²) in [7, 11) is 0. The van der Waals surface area contributed by atoms with E-state index in [0.29, 0.717) is 11.9 Å². The molecule has 2 heterocycles. The van der Waals surface area contributed by atoms with Crippen LogP contribution in [0, 0.1) is 5.92 Å². The van der Waals surface area contributed by atoms with Gasteiger partial charge in [0.05, 0.1) is 0 Å². The monoisotopic (exact) mass is 276 g/mol. The molecule has 3 aliphatic rings. The van der Waals surface area contributed by atoms with E-state index < -0.39 is 0 Å². The van der Waals surface area contributed by atoms with Crippen LogP contribution in [0.1, 0.15) is 51.4 Å². The molecule has 3 heteroatoms. The van der Waals surface area contributed by atoms with Crippen molar-refractivity contribution in [1.82, 2.24) is 9.80 Å². The fraction of sp³-hybridized carbons (Fsp3) is 0.824. The normalized spacial score (nSPS) is 32.3. The summed E-state index contributed by atoms with van der Waals surface area (Å²) in [5.41, 5.74) is 0. The first-order valence-corrected chi connectivity index (χ1v) is 8.52. The van der Waals surface area contributed by atoms with E-state index in [2.05, 4.69) is 22.0 Å². The molecule has 0 unspecified atom stereocenters. The number of hydrogen-bond donors (Lipinski definition) is 0. The molecule has 0 aromatic heterocycles. The van der Waals surface area contributed by atoms with Crippen molar-refractivity contribution < 1.29 is 4.79 Å². The van der Waals surface area contributed by atoms with Crippen molar-refractivity contribution in [1.29, 1.82) is 0 Å². The summed E-state index contributed by atoms with van der Waals surface area (Å²) in [4.78, 5) is 17.6.